The molecule has 0 radical (unpaired) electrons. The van der Waals surface area contributed by atoms with Crippen LogP contribution in [0.15, 0.2) is 0 Å². The summed E-state index contributed by atoms with van der Waals surface area (Å²) in [6.45, 7) is 9.00. The first-order chi connectivity index (χ1) is 6.36. The predicted octanol–water partition coefficient (Wildman–Crippen LogP) is 0.603. The number of aldehydes is 1. The average Bonchev–Trinajstić information content (AvgIpc) is 2.17. The fraction of sp³-hybridized carbons (Fsp3) is 0.900. The number of hydrogen-bond donors (Lipinski definition) is 0. The first kappa shape index (κ1) is 10.7. The van der Waals surface area contributed by atoms with Gasteiger partial charge in [-0.3, -0.25) is 0 Å². The van der Waals surface area contributed by atoms with E-state index in [-0.39, 0.29) is 0 Å². The van der Waals surface area contributed by atoms with Crippen molar-refractivity contribution in [1.29, 1.82) is 0 Å². The number of hydrogen-bond acceptors (Lipinski definition) is 3. The highest BCUT2D eigenvalue weighted by molar-refractivity contribution is 5.49. The molecule has 0 spiro atoms. The van der Waals surface area contributed by atoms with E-state index < -0.39 is 0 Å². The van der Waals surface area contributed by atoms with E-state index in [1.165, 1.54) is 26.1 Å². The highest BCUT2D eigenvalue weighted by atomic mass is 16.1. The van der Waals surface area contributed by atoms with Crippen molar-refractivity contribution < 1.29 is 4.79 Å². The van der Waals surface area contributed by atoms with Crippen molar-refractivity contribution in [2.75, 3.05) is 39.3 Å². The molecule has 0 saturated carbocycles. The molecule has 0 aromatic heterocycles. The zero-order valence-corrected chi connectivity index (χ0v) is 8.54. The molecule has 1 rings (SSSR count). The zero-order chi connectivity index (χ0) is 9.52. The van der Waals surface area contributed by atoms with Gasteiger partial charge in [0.05, 0.1) is 0 Å². The molecule has 1 saturated heterocycles. The topological polar surface area (TPSA) is 23.6 Å². The van der Waals surface area contributed by atoms with Crippen LogP contribution in [0.25, 0.3) is 0 Å². The highest BCUT2D eigenvalue weighted by Gasteiger charge is 2.14. The molecule has 0 aliphatic carbocycles. The minimum atomic E-state index is 0.688. The monoisotopic (exact) mass is 184 g/mol. The Morgan fingerprint density at radius 2 is 1.62 bits per heavy atom. The van der Waals surface area contributed by atoms with Crippen molar-refractivity contribution in [1.82, 2.24) is 9.80 Å². The van der Waals surface area contributed by atoms with Gasteiger partial charge < -0.3 is 14.6 Å². The third-order valence-corrected chi connectivity index (χ3v) is 2.57. The van der Waals surface area contributed by atoms with E-state index in [4.69, 9.17) is 0 Å². The number of rotatable bonds is 5. The van der Waals surface area contributed by atoms with Crippen molar-refractivity contribution in [3.05, 3.63) is 0 Å². The molecule has 1 fully saturated rings. The van der Waals surface area contributed by atoms with E-state index in [1.807, 2.05) is 0 Å². The van der Waals surface area contributed by atoms with Crippen LogP contribution in [0, 0.1) is 0 Å². The minimum absolute atomic E-state index is 0.688. The number of carbonyl (C=O) groups excluding carboxylic acids is 1. The SMILES string of the molecule is CCCN1CCN(CCC=O)CC1. The Morgan fingerprint density at radius 3 is 2.08 bits per heavy atom. The minimum Gasteiger partial charge on any atom is -0.303 e. The van der Waals surface area contributed by atoms with Crippen LogP contribution >= 0.6 is 0 Å². The summed E-state index contributed by atoms with van der Waals surface area (Å²) in [5.74, 6) is 0. The first-order valence-electron chi connectivity index (χ1n) is 5.25. The summed E-state index contributed by atoms with van der Waals surface area (Å²) in [4.78, 5) is 15.1. The maximum atomic E-state index is 10.2. The van der Waals surface area contributed by atoms with Gasteiger partial charge in [-0.25, -0.2) is 0 Å². The van der Waals surface area contributed by atoms with Crippen molar-refractivity contribution in [2.45, 2.75) is 19.8 Å². The normalized spacial score (nSPS) is 20.4. The van der Waals surface area contributed by atoms with Crippen LogP contribution < -0.4 is 0 Å². The van der Waals surface area contributed by atoms with Gasteiger partial charge in [-0.05, 0) is 13.0 Å². The summed E-state index contributed by atoms with van der Waals surface area (Å²) in [5, 5.41) is 0. The summed E-state index contributed by atoms with van der Waals surface area (Å²) >= 11 is 0. The standard InChI is InChI=1S/C10H20N2O/c1-2-4-11-6-8-12(9-7-11)5-3-10-13/h10H,2-9H2,1H3. The fourth-order valence-corrected chi connectivity index (χ4v) is 1.79. The van der Waals surface area contributed by atoms with Gasteiger partial charge in [0, 0.05) is 39.1 Å². The molecule has 0 N–H and O–H groups in total. The number of nitrogens with zero attached hydrogens (tertiary/aromatic N) is 2. The van der Waals surface area contributed by atoms with Gasteiger partial charge in [0.1, 0.15) is 6.29 Å². The third-order valence-electron chi connectivity index (χ3n) is 2.57. The first-order valence-corrected chi connectivity index (χ1v) is 5.25. The van der Waals surface area contributed by atoms with E-state index in [0.717, 1.165) is 25.9 Å². The third kappa shape index (κ3) is 3.87. The lowest BCUT2D eigenvalue weighted by Gasteiger charge is -2.34. The Morgan fingerprint density at radius 1 is 1.08 bits per heavy atom. The van der Waals surface area contributed by atoms with Crippen LogP contribution in [-0.2, 0) is 4.79 Å². The average molecular weight is 184 g/mol. The maximum Gasteiger partial charge on any atom is 0.121 e. The summed E-state index contributed by atoms with van der Waals surface area (Å²) in [6.07, 6.45) is 2.94. The second kappa shape index (κ2) is 6.11. The van der Waals surface area contributed by atoms with Gasteiger partial charge in [-0.1, -0.05) is 6.92 Å². The van der Waals surface area contributed by atoms with Crippen LogP contribution in [0.3, 0.4) is 0 Å². The summed E-state index contributed by atoms with van der Waals surface area (Å²) in [5.41, 5.74) is 0. The van der Waals surface area contributed by atoms with Crippen molar-refractivity contribution in [2.24, 2.45) is 0 Å². The molecule has 0 amide bonds. The van der Waals surface area contributed by atoms with Crippen LogP contribution in [0.4, 0.5) is 0 Å². The highest BCUT2D eigenvalue weighted by Crippen LogP contribution is 2.02. The smallest absolute Gasteiger partial charge is 0.121 e. The molecule has 76 valence electrons. The molecule has 0 bridgehead atoms. The Balaban J connectivity index is 2.11. The van der Waals surface area contributed by atoms with E-state index in [1.54, 1.807) is 0 Å². The fourth-order valence-electron chi connectivity index (χ4n) is 1.79. The molecule has 3 nitrogen and oxygen atoms in total. The van der Waals surface area contributed by atoms with Gasteiger partial charge in [0.15, 0.2) is 0 Å². The second-order valence-electron chi connectivity index (χ2n) is 3.64. The van der Waals surface area contributed by atoms with Crippen molar-refractivity contribution >= 4 is 6.29 Å². The van der Waals surface area contributed by atoms with Crippen LogP contribution in [0.5, 0.6) is 0 Å². The lowest BCUT2D eigenvalue weighted by Crippen LogP contribution is -2.46. The Bertz CT molecular complexity index is 142. The molecule has 1 aliphatic heterocycles. The maximum absolute atomic E-state index is 10.2. The number of piperazine rings is 1. The molecule has 0 unspecified atom stereocenters. The van der Waals surface area contributed by atoms with Crippen LogP contribution in [-0.4, -0.2) is 55.4 Å². The van der Waals surface area contributed by atoms with Gasteiger partial charge in [-0.2, -0.15) is 0 Å². The van der Waals surface area contributed by atoms with E-state index in [9.17, 15) is 4.79 Å². The molecule has 0 atom stereocenters. The van der Waals surface area contributed by atoms with E-state index in [0.29, 0.717) is 6.42 Å². The van der Waals surface area contributed by atoms with Gasteiger partial charge in [0.25, 0.3) is 0 Å². The summed E-state index contributed by atoms with van der Waals surface area (Å²) in [7, 11) is 0. The van der Waals surface area contributed by atoms with Crippen molar-refractivity contribution in [3.8, 4) is 0 Å². The summed E-state index contributed by atoms with van der Waals surface area (Å²) < 4.78 is 0. The second-order valence-corrected chi connectivity index (χ2v) is 3.64. The zero-order valence-electron chi connectivity index (χ0n) is 8.54. The number of carbonyl (C=O) groups is 1. The quantitative estimate of drug-likeness (QED) is 0.585. The molecule has 0 aromatic rings. The molecule has 13 heavy (non-hydrogen) atoms. The summed E-state index contributed by atoms with van der Waals surface area (Å²) in [6, 6.07) is 0. The lowest BCUT2D eigenvalue weighted by molar-refractivity contribution is -0.108. The molecular formula is C10H20N2O. The molecular weight excluding hydrogens is 164 g/mol. The predicted molar refractivity (Wildman–Crippen MR) is 53.9 cm³/mol. The Kier molecular flexibility index (Phi) is 5.01. The lowest BCUT2D eigenvalue weighted by atomic mass is 10.3. The van der Waals surface area contributed by atoms with E-state index >= 15 is 0 Å². The molecule has 0 aromatic carbocycles. The van der Waals surface area contributed by atoms with E-state index in [2.05, 4.69) is 16.7 Å². The Hall–Kier alpha value is -0.410. The molecule has 1 aliphatic rings. The van der Waals surface area contributed by atoms with Gasteiger partial charge in [0.2, 0.25) is 0 Å². The van der Waals surface area contributed by atoms with Gasteiger partial charge >= 0.3 is 0 Å². The Labute approximate surface area is 80.7 Å². The molecule has 1 heterocycles. The van der Waals surface area contributed by atoms with Crippen LogP contribution in [0.1, 0.15) is 19.8 Å². The molecule has 3 heteroatoms. The van der Waals surface area contributed by atoms with Crippen LogP contribution in [0.2, 0.25) is 0 Å². The van der Waals surface area contributed by atoms with Crippen molar-refractivity contribution in [3.63, 3.8) is 0 Å². The van der Waals surface area contributed by atoms with Gasteiger partial charge in [-0.15, -0.1) is 0 Å². The largest absolute Gasteiger partial charge is 0.303 e.